The van der Waals surface area contributed by atoms with E-state index < -0.39 is 43.6 Å². The zero-order valence-electron chi connectivity index (χ0n) is 37.9. The summed E-state index contributed by atoms with van der Waals surface area (Å²) >= 11 is 0. The molecule has 0 aliphatic carbocycles. The average molecular weight is 987 g/mol. The van der Waals surface area contributed by atoms with Crippen LogP contribution < -0.4 is 28.4 Å². The number of hydrogen-bond donors (Lipinski definition) is 0. The number of esters is 4. The summed E-state index contributed by atoms with van der Waals surface area (Å²) in [5.41, 5.74) is -0.823. The molecule has 0 fully saturated rings. The number of nitrogens with zero attached hydrogens (tertiary/aromatic N) is 4. The Kier molecular flexibility index (Phi) is 18.1. The average Bonchev–Trinajstić information content (AvgIpc) is 3.37. The van der Waals surface area contributed by atoms with Crippen molar-refractivity contribution in [2.45, 2.75) is 51.4 Å². The molecule has 0 heterocycles. The molecule has 22 heteroatoms. The second kappa shape index (κ2) is 25.1. The first-order valence-electron chi connectivity index (χ1n) is 22.1. The number of rotatable bonds is 25. The van der Waals surface area contributed by atoms with Gasteiger partial charge in [-0.3, -0.25) is 40.5 Å². The highest BCUT2D eigenvalue weighted by molar-refractivity contribution is 5.98. The number of unbranched alkanes of at least 4 members (excludes halogenated alkanes) is 7. The minimum Gasteiger partial charge on any atom is -0.493 e. The fourth-order valence-electron chi connectivity index (χ4n) is 6.70. The molecule has 0 bridgehead atoms. The van der Waals surface area contributed by atoms with E-state index in [2.05, 4.69) is 0 Å². The van der Waals surface area contributed by atoms with Crippen LogP contribution in [0, 0.1) is 40.5 Å². The Labute approximate surface area is 408 Å². The smallest absolute Gasteiger partial charge is 0.347 e. The van der Waals surface area contributed by atoms with Crippen LogP contribution in [0.25, 0.3) is 0 Å². The fraction of sp³-hybridized carbons (Fsp3) is 0.200. The van der Waals surface area contributed by atoms with Crippen LogP contribution in [0.2, 0.25) is 0 Å². The van der Waals surface area contributed by atoms with Crippen LogP contribution in [0.4, 0.5) is 22.7 Å². The van der Waals surface area contributed by atoms with E-state index in [1.54, 1.807) is 0 Å². The zero-order chi connectivity index (χ0) is 51.6. The number of nitro groups is 4. The van der Waals surface area contributed by atoms with Crippen LogP contribution in [0.3, 0.4) is 0 Å². The van der Waals surface area contributed by atoms with Crippen molar-refractivity contribution in [1.82, 2.24) is 0 Å². The molecule has 6 aromatic carbocycles. The van der Waals surface area contributed by atoms with Crippen molar-refractivity contribution in [2.75, 3.05) is 13.2 Å². The van der Waals surface area contributed by atoms with E-state index in [0.717, 1.165) is 38.5 Å². The quantitative estimate of drug-likeness (QED) is 0.0169. The molecular weight excluding hydrogens is 945 g/mol. The van der Waals surface area contributed by atoms with Crippen LogP contribution >= 0.6 is 0 Å². The number of non-ortho nitro benzene ring substituents is 4. The van der Waals surface area contributed by atoms with Gasteiger partial charge in [-0.2, -0.15) is 0 Å². The number of carbonyl (C=O) groups is 4. The van der Waals surface area contributed by atoms with E-state index in [1.807, 2.05) is 0 Å². The van der Waals surface area contributed by atoms with Gasteiger partial charge in [0, 0.05) is 48.5 Å². The van der Waals surface area contributed by atoms with Crippen molar-refractivity contribution >= 4 is 46.6 Å². The maximum Gasteiger partial charge on any atom is 0.347 e. The predicted molar refractivity (Wildman–Crippen MR) is 253 cm³/mol. The first kappa shape index (κ1) is 51.8. The summed E-state index contributed by atoms with van der Waals surface area (Å²) in [6, 6.07) is 27.5. The lowest BCUT2D eigenvalue weighted by Gasteiger charge is -2.13. The normalized spacial score (nSPS) is 10.6. The third-order valence-electron chi connectivity index (χ3n) is 10.5. The molecule has 0 atom stereocenters. The minimum absolute atomic E-state index is 0.0123. The van der Waals surface area contributed by atoms with Gasteiger partial charge in [-0.25, -0.2) is 19.2 Å². The van der Waals surface area contributed by atoms with Gasteiger partial charge in [0.15, 0.2) is 0 Å². The highest BCUT2D eigenvalue weighted by Crippen LogP contribution is 2.29. The lowest BCUT2D eigenvalue weighted by molar-refractivity contribution is -0.385. The molecule has 0 amide bonds. The Balaban J connectivity index is 0.982. The maximum absolute atomic E-state index is 13.3. The number of ether oxygens (including phenoxy) is 6. The van der Waals surface area contributed by atoms with Crippen LogP contribution in [0.1, 0.15) is 92.8 Å². The van der Waals surface area contributed by atoms with Gasteiger partial charge in [-0.05, 0) is 97.8 Å². The molecule has 22 nitrogen and oxygen atoms in total. The Morgan fingerprint density at radius 2 is 0.583 bits per heavy atom. The summed E-state index contributed by atoms with van der Waals surface area (Å²) in [6.45, 7) is 0.324. The summed E-state index contributed by atoms with van der Waals surface area (Å²) in [5.74, 6) is -3.14. The minimum atomic E-state index is -0.850. The topological polar surface area (TPSA) is 296 Å². The molecule has 0 unspecified atom stereocenters. The molecular formula is C50H42N4O18. The van der Waals surface area contributed by atoms with Gasteiger partial charge >= 0.3 is 23.9 Å². The first-order chi connectivity index (χ1) is 34.6. The molecule has 0 saturated heterocycles. The molecule has 0 saturated carbocycles. The Bertz CT molecular complexity index is 2740. The summed E-state index contributed by atoms with van der Waals surface area (Å²) in [6.07, 6.45) is 6.14. The van der Waals surface area contributed by atoms with Gasteiger partial charge in [0.25, 0.3) is 22.7 Å². The van der Waals surface area contributed by atoms with Crippen LogP contribution in [0.5, 0.6) is 34.5 Å². The lowest BCUT2D eigenvalue weighted by Crippen LogP contribution is -2.14. The zero-order valence-corrected chi connectivity index (χ0v) is 37.9. The molecule has 6 aromatic rings. The van der Waals surface area contributed by atoms with Crippen molar-refractivity contribution in [3.05, 3.63) is 196 Å². The highest BCUT2D eigenvalue weighted by Gasteiger charge is 2.22. The second-order valence-electron chi connectivity index (χ2n) is 15.5. The van der Waals surface area contributed by atoms with Crippen LogP contribution in [-0.4, -0.2) is 56.8 Å². The van der Waals surface area contributed by atoms with Gasteiger partial charge in [0.1, 0.15) is 45.6 Å². The van der Waals surface area contributed by atoms with E-state index in [-0.39, 0.29) is 92.7 Å². The van der Waals surface area contributed by atoms with Gasteiger partial charge in [-0.1, -0.05) is 38.5 Å². The van der Waals surface area contributed by atoms with Crippen molar-refractivity contribution in [3.8, 4) is 34.5 Å². The second-order valence-corrected chi connectivity index (χ2v) is 15.5. The molecule has 0 aromatic heterocycles. The summed E-state index contributed by atoms with van der Waals surface area (Å²) < 4.78 is 33.5. The number of benzene rings is 6. The number of hydrogen-bond acceptors (Lipinski definition) is 18. The van der Waals surface area contributed by atoms with Gasteiger partial charge in [0.2, 0.25) is 0 Å². The molecule has 72 heavy (non-hydrogen) atoms. The Hall–Kier alpha value is -9.60. The molecule has 0 radical (unpaired) electrons. The van der Waals surface area contributed by atoms with E-state index in [4.69, 9.17) is 28.4 Å². The van der Waals surface area contributed by atoms with Crippen LogP contribution in [0.15, 0.2) is 133 Å². The summed E-state index contributed by atoms with van der Waals surface area (Å²) in [7, 11) is 0. The largest absolute Gasteiger partial charge is 0.493 e. The first-order valence-corrected chi connectivity index (χ1v) is 22.1. The summed E-state index contributed by atoms with van der Waals surface area (Å²) in [4.78, 5) is 94.3. The monoisotopic (exact) mass is 986 g/mol. The Morgan fingerprint density at radius 3 is 0.847 bits per heavy atom. The fourth-order valence-corrected chi connectivity index (χ4v) is 6.70. The van der Waals surface area contributed by atoms with E-state index in [9.17, 15) is 59.6 Å². The lowest BCUT2D eigenvalue weighted by atomic mass is 10.1. The van der Waals surface area contributed by atoms with Crippen molar-refractivity contribution in [2.24, 2.45) is 0 Å². The molecule has 0 spiro atoms. The van der Waals surface area contributed by atoms with Gasteiger partial charge in [-0.15, -0.1) is 0 Å². The third kappa shape index (κ3) is 14.9. The molecule has 0 N–H and O–H groups in total. The van der Waals surface area contributed by atoms with E-state index >= 15 is 0 Å². The maximum atomic E-state index is 13.3. The van der Waals surface area contributed by atoms with E-state index in [1.165, 1.54) is 133 Å². The Morgan fingerprint density at radius 1 is 0.333 bits per heavy atom. The highest BCUT2D eigenvalue weighted by atomic mass is 16.6. The van der Waals surface area contributed by atoms with Crippen molar-refractivity contribution in [3.63, 3.8) is 0 Å². The predicted octanol–water partition coefficient (Wildman–Crippen LogP) is 10.8. The van der Waals surface area contributed by atoms with Crippen LogP contribution in [-0.2, 0) is 0 Å². The molecule has 370 valence electrons. The number of nitro benzene ring substituents is 4. The molecule has 0 aliphatic rings. The van der Waals surface area contributed by atoms with Gasteiger partial charge < -0.3 is 28.4 Å². The number of carbonyl (C=O) groups excluding carboxylic acids is 4. The van der Waals surface area contributed by atoms with Crippen molar-refractivity contribution < 1.29 is 67.3 Å². The third-order valence-corrected chi connectivity index (χ3v) is 10.5. The molecule has 6 rings (SSSR count). The molecule has 0 aliphatic heterocycles. The SMILES string of the molecule is O=C(Oc1ccc([N+](=O)[O-])cc1)c1ccc(C(=O)Oc2ccc([N+](=O)[O-])cc2)c(OCCCCCCCCCCOc2cc(C(=O)Oc3ccc([N+](=O)[O-])cc3)ccc2C(=O)Oc2ccc([N+](=O)[O-])cc2)c1. The summed E-state index contributed by atoms with van der Waals surface area (Å²) in [5, 5.41) is 44.1. The van der Waals surface area contributed by atoms with Gasteiger partial charge in [0.05, 0.1) is 44.0 Å². The van der Waals surface area contributed by atoms with Crippen molar-refractivity contribution in [1.29, 1.82) is 0 Å². The van der Waals surface area contributed by atoms with E-state index in [0.29, 0.717) is 12.8 Å². The standard InChI is InChI=1S/C50H42N4O18/c55-47(69-39-19-11-35(12-20-39)51(59)60)33-9-27-43(49(57)71-41-23-15-37(16-24-41)53(63)64)45(31-33)67-29-7-5-3-1-2-4-6-8-30-68-46-32-34(48(56)70-40-21-13-36(14-22-40)52(61)62)10-28-44(46)50(58)72-42-25-17-38(18-26-42)54(65)66/h9-28,31-32H,1-8,29-30H2.